The molecular formula is C19H18O4. The van der Waals surface area contributed by atoms with Crippen LogP contribution in [-0.2, 0) is 14.3 Å². The number of esters is 2. The maximum atomic E-state index is 12.2. The molecule has 0 spiro atoms. The van der Waals surface area contributed by atoms with E-state index in [1.807, 2.05) is 49.4 Å². The minimum atomic E-state index is -1.09. The van der Waals surface area contributed by atoms with Gasteiger partial charge in [-0.05, 0) is 30.2 Å². The highest BCUT2D eigenvalue weighted by Gasteiger charge is 2.22. The van der Waals surface area contributed by atoms with Crippen LogP contribution in [0.25, 0.3) is 6.08 Å². The van der Waals surface area contributed by atoms with Crippen molar-refractivity contribution in [2.24, 2.45) is 0 Å². The molecule has 0 bridgehead atoms. The highest BCUT2D eigenvalue weighted by molar-refractivity contribution is 5.93. The van der Waals surface area contributed by atoms with E-state index in [1.165, 1.54) is 13.2 Å². The van der Waals surface area contributed by atoms with Crippen LogP contribution in [0.1, 0.15) is 21.5 Å². The summed E-state index contributed by atoms with van der Waals surface area (Å²) in [6.45, 7) is 1.81. The largest absolute Gasteiger partial charge is 0.466 e. The fourth-order valence-corrected chi connectivity index (χ4v) is 2.03. The smallest absolute Gasteiger partial charge is 0.351 e. The first-order valence-corrected chi connectivity index (χ1v) is 7.19. The van der Waals surface area contributed by atoms with Crippen LogP contribution < -0.4 is 0 Å². The Hall–Kier alpha value is -2.88. The lowest BCUT2D eigenvalue weighted by Gasteiger charge is -2.13. The molecule has 118 valence electrons. The van der Waals surface area contributed by atoms with Gasteiger partial charge in [-0.25, -0.2) is 9.59 Å². The molecular weight excluding hydrogens is 292 g/mol. The number of benzene rings is 2. The Bertz CT molecular complexity index is 704. The zero-order valence-electron chi connectivity index (χ0n) is 13.1. The number of aryl methyl sites for hydroxylation is 1. The highest BCUT2D eigenvalue weighted by Crippen LogP contribution is 2.12. The lowest BCUT2D eigenvalue weighted by Crippen LogP contribution is -2.26. The van der Waals surface area contributed by atoms with E-state index in [0.29, 0.717) is 5.56 Å². The molecule has 0 radical (unpaired) electrons. The maximum Gasteiger partial charge on any atom is 0.351 e. The fourth-order valence-electron chi connectivity index (χ4n) is 2.03. The third-order valence-corrected chi connectivity index (χ3v) is 3.30. The average Bonchev–Trinajstić information content (AvgIpc) is 2.59. The lowest BCUT2D eigenvalue weighted by atomic mass is 10.1. The average molecular weight is 310 g/mol. The van der Waals surface area contributed by atoms with Crippen molar-refractivity contribution >= 4 is 18.0 Å². The van der Waals surface area contributed by atoms with E-state index in [1.54, 1.807) is 18.2 Å². The van der Waals surface area contributed by atoms with E-state index in [9.17, 15) is 9.59 Å². The van der Waals surface area contributed by atoms with Crippen LogP contribution >= 0.6 is 0 Å². The lowest BCUT2D eigenvalue weighted by molar-refractivity contribution is -0.148. The van der Waals surface area contributed by atoms with Gasteiger partial charge >= 0.3 is 11.9 Å². The molecule has 1 atom stereocenters. The van der Waals surface area contributed by atoms with E-state index in [0.717, 1.165) is 11.1 Å². The molecule has 0 aliphatic heterocycles. The summed E-state index contributed by atoms with van der Waals surface area (Å²) in [6, 6.07) is 16.5. The van der Waals surface area contributed by atoms with Gasteiger partial charge in [-0.2, -0.15) is 0 Å². The molecule has 0 heterocycles. The molecule has 0 aliphatic carbocycles. The van der Waals surface area contributed by atoms with Gasteiger partial charge in [0.2, 0.25) is 6.10 Å². The highest BCUT2D eigenvalue weighted by atomic mass is 16.6. The first-order chi connectivity index (χ1) is 11.1. The molecule has 2 rings (SSSR count). The van der Waals surface area contributed by atoms with Crippen molar-refractivity contribution < 1.29 is 19.1 Å². The summed E-state index contributed by atoms with van der Waals surface area (Å²) in [5.74, 6) is -1.18. The summed E-state index contributed by atoms with van der Waals surface area (Å²) in [7, 11) is 1.26. The Labute approximate surface area is 135 Å². The molecule has 0 aromatic heterocycles. The number of hydrogen-bond donors (Lipinski definition) is 0. The summed E-state index contributed by atoms with van der Waals surface area (Å²) < 4.78 is 9.99. The van der Waals surface area contributed by atoms with Crippen molar-refractivity contribution in [1.29, 1.82) is 0 Å². The van der Waals surface area contributed by atoms with Gasteiger partial charge in [0.15, 0.2) is 0 Å². The number of ether oxygens (including phenoxy) is 2. The molecule has 0 saturated heterocycles. The van der Waals surface area contributed by atoms with Crippen LogP contribution in [-0.4, -0.2) is 25.2 Å². The van der Waals surface area contributed by atoms with Crippen LogP contribution in [0.3, 0.4) is 0 Å². The Balaban J connectivity index is 2.16. The standard InChI is InChI=1S/C19H18O4/c1-14-8-6-7-11-16(14)18(20)23-17(19(21)22-2)13-12-15-9-4-3-5-10-15/h3-13,17H,1-2H3/b13-12+/t17-/m1/s1. The third kappa shape index (κ3) is 4.54. The second-order valence-corrected chi connectivity index (χ2v) is 4.93. The van der Waals surface area contributed by atoms with E-state index < -0.39 is 18.0 Å². The van der Waals surface area contributed by atoms with Crippen molar-refractivity contribution in [2.75, 3.05) is 7.11 Å². The Morgan fingerprint density at radius 2 is 1.65 bits per heavy atom. The van der Waals surface area contributed by atoms with Crippen LogP contribution in [0.4, 0.5) is 0 Å². The van der Waals surface area contributed by atoms with Gasteiger partial charge in [0, 0.05) is 0 Å². The summed E-state index contributed by atoms with van der Waals surface area (Å²) >= 11 is 0. The van der Waals surface area contributed by atoms with E-state index in [4.69, 9.17) is 9.47 Å². The normalized spacial score (nSPS) is 11.9. The van der Waals surface area contributed by atoms with E-state index in [-0.39, 0.29) is 0 Å². The van der Waals surface area contributed by atoms with Crippen LogP contribution in [0.2, 0.25) is 0 Å². The molecule has 0 fully saturated rings. The van der Waals surface area contributed by atoms with Crippen molar-refractivity contribution in [3.8, 4) is 0 Å². The van der Waals surface area contributed by atoms with Gasteiger partial charge in [-0.1, -0.05) is 54.6 Å². The van der Waals surface area contributed by atoms with Gasteiger partial charge in [0.25, 0.3) is 0 Å². The zero-order valence-corrected chi connectivity index (χ0v) is 13.1. The number of carbonyl (C=O) groups is 2. The van der Waals surface area contributed by atoms with Crippen molar-refractivity contribution in [3.05, 3.63) is 77.4 Å². The van der Waals surface area contributed by atoms with Crippen LogP contribution in [0, 0.1) is 6.92 Å². The van der Waals surface area contributed by atoms with Crippen LogP contribution in [0.5, 0.6) is 0 Å². The topological polar surface area (TPSA) is 52.6 Å². The van der Waals surface area contributed by atoms with E-state index in [2.05, 4.69) is 0 Å². The van der Waals surface area contributed by atoms with Crippen molar-refractivity contribution in [1.82, 2.24) is 0 Å². The van der Waals surface area contributed by atoms with Gasteiger partial charge in [-0.3, -0.25) is 0 Å². The van der Waals surface area contributed by atoms with Gasteiger partial charge < -0.3 is 9.47 Å². The second kappa shape index (κ2) is 7.94. The zero-order chi connectivity index (χ0) is 16.7. The molecule has 2 aromatic carbocycles. The van der Waals surface area contributed by atoms with E-state index >= 15 is 0 Å². The quantitative estimate of drug-likeness (QED) is 0.794. The Morgan fingerprint density at radius 1 is 1.00 bits per heavy atom. The monoisotopic (exact) mass is 310 g/mol. The SMILES string of the molecule is COC(=O)[C@@H](/C=C/c1ccccc1)OC(=O)c1ccccc1C. The minimum absolute atomic E-state index is 0.425. The van der Waals surface area contributed by atoms with Crippen LogP contribution in [0.15, 0.2) is 60.7 Å². The first kappa shape index (κ1) is 16.5. The summed E-state index contributed by atoms with van der Waals surface area (Å²) in [4.78, 5) is 24.1. The molecule has 0 saturated carbocycles. The summed E-state index contributed by atoms with van der Waals surface area (Å²) in [5.41, 5.74) is 2.11. The molecule has 2 aromatic rings. The number of rotatable bonds is 5. The second-order valence-electron chi connectivity index (χ2n) is 4.93. The van der Waals surface area contributed by atoms with Gasteiger partial charge in [0.05, 0.1) is 12.7 Å². The van der Waals surface area contributed by atoms with Gasteiger partial charge in [0.1, 0.15) is 0 Å². The first-order valence-electron chi connectivity index (χ1n) is 7.19. The van der Waals surface area contributed by atoms with Crippen molar-refractivity contribution in [3.63, 3.8) is 0 Å². The fraction of sp³-hybridized carbons (Fsp3) is 0.158. The number of hydrogen-bond acceptors (Lipinski definition) is 4. The third-order valence-electron chi connectivity index (χ3n) is 3.30. The molecule has 23 heavy (non-hydrogen) atoms. The summed E-state index contributed by atoms with van der Waals surface area (Å²) in [5, 5.41) is 0. The molecule has 0 aliphatic rings. The number of carbonyl (C=O) groups excluding carboxylic acids is 2. The van der Waals surface area contributed by atoms with Gasteiger partial charge in [-0.15, -0.1) is 0 Å². The molecule has 0 unspecified atom stereocenters. The Morgan fingerprint density at radius 3 is 2.30 bits per heavy atom. The summed E-state index contributed by atoms with van der Waals surface area (Å²) in [6.07, 6.45) is 2.14. The number of methoxy groups -OCH3 is 1. The molecule has 0 N–H and O–H groups in total. The van der Waals surface area contributed by atoms with Crippen molar-refractivity contribution in [2.45, 2.75) is 13.0 Å². The minimum Gasteiger partial charge on any atom is -0.466 e. The maximum absolute atomic E-state index is 12.2. The Kier molecular flexibility index (Phi) is 5.69. The predicted molar refractivity (Wildman–Crippen MR) is 87.9 cm³/mol. The molecule has 0 amide bonds. The predicted octanol–water partition coefficient (Wildman–Crippen LogP) is 3.41. The molecule has 4 heteroatoms. The molecule has 4 nitrogen and oxygen atoms in total.